The second-order valence-electron chi connectivity index (χ2n) is 7.89. The van der Waals surface area contributed by atoms with Crippen molar-refractivity contribution in [1.29, 1.82) is 0 Å². The molecule has 0 aromatic carbocycles. The molecular formula is C21H19N7O5S3. The lowest BCUT2D eigenvalue weighted by atomic mass is 10.0. The van der Waals surface area contributed by atoms with Gasteiger partial charge in [-0.25, -0.2) is 9.97 Å². The summed E-state index contributed by atoms with van der Waals surface area (Å²) in [6.07, 6.45) is 3.69. The van der Waals surface area contributed by atoms with Crippen molar-refractivity contribution >= 4 is 73.3 Å². The number of aryl methyl sites for hydroxylation is 1. The van der Waals surface area contributed by atoms with Crippen molar-refractivity contribution in [3.05, 3.63) is 45.8 Å². The van der Waals surface area contributed by atoms with Crippen LogP contribution < -0.4 is 20.7 Å². The molecule has 0 bridgehead atoms. The molecule has 2 amide bonds. The molecule has 2 atom stereocenters. The number of carbonyl (C=O) groups is 3. The predicted molar refractivity (Wildman–Crippen MR) is 132 cm³/mol. The Morgan fingerprint density at radius 2 is 2.22 bits per heavy atom. The summed E-state index contributed by atoms with van der Waals surface area (Å²) >= 11 is 4.06. The van der Waals surface area contributed by atoms with Crippen LogP contribution in [0, 0.1) is 6.92 Å². The maximum absolute atomic E-state index is 13.0. The van der Waals surface area contributed by atoms with Crippen molar-refractivity contribution < 1.29 is 28.9 Å². The van der Waals surface area contributed by atoms with Gasteiger partial charge < -0.3 is 25.8 Å². The molecule has 3 N–H and O–H groups in total. The number of oxime groups is 1. The summed E-state index contributed by atoms with van der Waals surface area (Å²) < 4.78 is 2.86. The van der Waals surface area contributed by atoms with Gasteiger partial charge in [0.25, 0.3) is 11.8 Å². The van der Waals surface area contributed by atoms with Gasteiger partial charge in [-0.15, -0.1) is 34.4 Å². The molecular weight excluding hydrogens is 526 g/mol. The summed E-state index contributed by atoms with van der Waals surface area (Å²) in [4.78, 5) is 52.4. The number of nitrogen functional groups attached to an aromatic ring is 1. The number of carbonyl (C=O) groups excluding carboxylic acids is 3. The van der Waals surface area contributed by atoms with E-state index in [0.29, 0.717) is 11.3 Å². The van der Waals surface area contributed by atoms with Crippen LogP contribution in [0.5, 0.6) is 0 Å². The number of carboxylic acid groups (broad SMARTS) is 1. The summed E-state index contributed by atoms with van der Waals surface area (Å²) in [5.74, 6) is -2.35. The summed E-state index contributed by atoms with van der Waals surface area (Å²) in [7, 11) is 1.28. The lowest BCUT2D eigenvalue weighted by Crippen LogP contribution is -2.71. The zero-order chi connectivity index (χ0) is 25.6. The van der Waals surface area contributed by atoms with E-state index < -0.39 is 29.2 Å². The summed E-state index contributed by atoms with van der Waals surface area (Å²) in [6.45, 7) is 2.18. The number of nitrogens with two attached hydrogens (primary N) is 1. The van der Waals surface area contributed by atoms with E-state index in [-0.39, 0.29) is 28.8 Å². The van der Waals surface area contributed by atoms with E-state index in [1.54, 1.807) is 16.7 Å². The normalized spacial score (nSPS) is 19.8. The number of nitrogens with one attached hydrogen (secondary N) is 1. The Morgan fingerprint density at radius 3 is 2.92 bits per heavy atom. The number of fused-ring (bicyclic) bond motifs is 2. The summed E-state index contributed by atoms with van der Waals surface area (Å²) in [6, 6.07) is 0.978. The highest BCUT2D eigenvalue weighted by Gasteiger charge is 2.53. The second kappa shape index (κ2) is 9.48. The number of thioether (sulfide) groups is 1. The molecule has 186 valence electrons. The number of nitrogens with zero attached hydrogens (tertiary/aromatic N) is 5. The van der Waals surface area contributed by atoms with Crippen molar-refractivity contribution in [2.24, 2.45) is 5.16 Å². The number of aromatic nitrogens is 3. The van der Waals surface area contributed by atoms with Crippen molar-refractivity contribution in [1.82, 2.24) is 20.2 Å². The van der Waals surface area contributed by atoms with Crippen molar-refractivity contribution in [3.8, 4) is 0 Å². The highest BCUT2D eigenvalue weighted by atomic mass is 32.2. The van der Waals surface area contributed by atoms with Gasteiger partial charge in [0, 0.05) is 22.8 Å². The lowest BCUT2D eigenvalue weighted by molar-refractivity contribution is -0.687. The number of anilines is 1. The van der Waals surface area contributed by atoms with Gasteiger partial charge in [0.2, 0.25) is 0 Å². The molecule has 15 heteroatoms. The monoisotopic (exact) mass is 545 g/mol. The molecule has 5 rings (SSSR count). The van der Waals surface area contributed by atoms with Crippen LogP contribution in [0.25, 0.3) is 10.2 Å². The molecule has 5 heterocycles. The van der Waals surface area contributed by atoms with E-state index in [1.807, 2.05) is 30.0 Å². The first kappa shape index (κ1) is 24.1. The fourth-order valence-electron chi connectivity index (χ4n) is 4.05. The minimum atomic E-state index is -1.45. The molecule has 1 saturated heterocycles. The van der Waals surface area contributed by atoms with Gasteiger partial charge in [-0.3, -0.25) is 14.5 Å². The van der Waals surface area contributed by atoms with Crippen molar-refractivity contribution in [3.63, 3.8) is 0 Å². The third-order valence-electron chi connectivity index (χ3n) is 5.56. The maximum Gasteiger partial charge on any atom is 0.276 e. The van der Waals surface area contributed by atoms with Crippen LogP contribution in [-0.2, 0) is 25.8 Å². The van der Waals surface area contributed by atoms with Gasteiger partial charge in [-0.1, -0.05) is 5.16 Å². The molecule has 3 aromatic heterocycles. The number of rotatable bonds is 7. The maximum atomic E-state index is 13.0. The first-order valence-electron chi connectivity index (χ1n) is 10.5. The third-order valence-corrected chi connectivity index (χ3v) is 8.52. The molecule has 0 radical (unpaired) electrons. The second-order valence-corrected chi connectivity index (χ2v) is 11.1. The Kier molecular flexibility index (Phi) is 6.36. The fourth-order valence-corrected chi connectivity index (χ4v) is 6.73. The van der Waals surface area contributed by atoms with E-state index >= 15 is 0 Å². The summed E-state index contributed by atoms with van der Waals surface area (Å²) in [5, 5.41) is 20.5. The smallest absolute Gasteiger partial charge is 0.276 e. The van der Waals surface area contributed by atoms with Gasteiger partial charge >= 0.3 is 0 Å². The van der Waals surface area contributed by atoms with E-state index in [1.165, 1.54) is 23.8 Å². The van der Waals surface area contributed by atoms with Crippen molar-refractivity contribution in [2.45, 2.75) is 24.9 Å². The first-order valence-corrected chi connectivity index (χ1v) is 13.3. The van der Waals surface area contributed by atoms with E-state index in [0.717, 1.165) is 26.6 Å². The number of pyridine rings is 1. The van der Waals surface area contributed by atoms with Crippen LogP contribution in [0.1, 0.15) is 10.7 Å². The molecule has 12 nitrogen and oxygen atoms in total. The van der Waals surface area contributed by atoms with Crippen LogP contribution >= 0.6 is 34.4 Å². The average molecular weight is 546 g/mol. The largest absolute Gasteiger partial charge is 0.543 e. The van der Waals surface area contributed by atoms with E-state index in [2.05, 4.69) is 20.4 Å². The number of β-lactam (4-membered cyclic amide) rings is 1. The minimum absolute atomic E-state index is 0.141. The lowest BCUT2D eigenvalue weighted by Gasteiger charge is -2.50. The third kappa shape index (κ3) is 4.29. The number of thiazole rings is 2. The standard InChI is InChI=1S/C21H19N7O5S3/c1-9-23-11-6-27(4-3-13(11)36-9)5-10-7-34-19-15(18(30)28(19)16(10)20(31)32)25-17(29)14(26-33-2)12-8-35-21(22)24-12/h3-4,6,8,15,19H,5,7H2,1-2H3,(H3-,22,24,25,29,31,32)/b26-14-/t15?,19-/m0/s1. The molecule has 0 spiro atoms. The van der Waals surface area contributed by atoms with Gasteiger partial charge in [0.1, 0.15) is 29.7 Å². The van der Waals surface area contributed by atoms with Gasteiger partial charge in [0.05, 0.1) is 21.4 Å². The molecule has 2 aliphatic heterocycles. The Morgan fingerprint density at radius 1 is 1.42 bits per heavy atom. The number of aliphatic carboxylic acids is 1. The molecule has 0 saturated carbocycles. The zero-order valence-corrected chi connectivity index (χ0v) is 21.4. The topological polar surface area (TPSA) is 167 Å². The first-order chi connectivity index (χ1) is 17.3. The van der Waals surface area contributed by atoms with Gasteiger partial charge in [-0.2, -0.15) is 4.57 Å². The summed E-state index contributed by atoms with van der Waals surface area (Å²) in [5.41, 5.74) is 6.89. The number of hydrogen-bond donors (Lipinski definition) is 2. The van der Waals surface area contributed by atoms with E-state index in [9.17, 15) is 19.5 Å². The zero-order valence-electron chi connectivity index (χ0n) is 19.0. The highest BCUT2D eigenvalue weighted by molar-refractivity contribution is 8.00. The van der Waals surface area contributed by atoms with Crippen LogP contribution in [0.4, 0.5) is 5.13 Å². The average Bonchev–Trinajstić information content (AvgIpc) is 3.44. The van der Waals surface area contributed by atoms with Gasteiger partial charge in [-0.05, 0) is 6.92 Å². The number of amides is 2. The van der Waals surface area contributed by atoms with Gasteiger partial charge in [0.15, 0.2) is 29.8 Å². The SMILES string of the molecule is CO/N=C(\C(=O)NC1C(=O)N2C(C(=O)[O-])=C(C[n+]3ccc4sc(C)nc4c3)CS[C@@H]12)c1csc(N)n1. The molecule has 1 unspecified atom stereocenters. The van der Waals surface area contributed by atoms with Crippen LogP contribution in [0.2, 0.25) is 0 Å². The Labute approximate surface area is 216 Å². The Hall–Kier alpha value is -3.56. The van der Waals surface area contributed by atoms with Crippen LogP contribution in [0.15, 0.2) is 40.3 Å². The molecule has 0 aliphatic carbocycles. The van der Waals surface area contributed by atoms with Crippen LogP contribution in [-0.4, -0.2) is 62.6 Å². The highest BCUT2D eigenvalue weighted by Crippen LogP contribution is 2.40. The quantitative estimate of drug-likeness (QED) is 0.170. The molecule has 36 heavy (non-hydrogen) atoms. The fraction of sp³-hybridized carbons (Fsp3) is 0.286. The number of hydrogen-bond acceptors (Lipinski definition) is 12. The minimum Gasteiger partial charge on any atom is -0.543 e. The number of carboxylic acids is 1. The predicted octanol–water partition coefficient (Wildman–Crippen LogP) is -0.614. The van der Waals surface area contributed by atoms with E-state index in [4.69, 9.17) is 10.6 Å². The Bertz CT molecular complexity index is 1460. The Balaban J connectivity index is 1.36. The van der Waals surface area contributed by atoms with Crippen molar-refractivity contribution in [2.75, 3.05) is 18.6 Å². The van der Waals surface area contributed by atoms with Crippen LogP contribution in [0.3, 0.4) is 0 Å². The molecule has 2 aliphatic rings. The molecule has 3 aromatic rings. The molecule has 1 fully saturated rings.